The van der Waals surface area contributed by atoms with Crippen LogP contribution in [0.2, 0.25) is 0 Å². The fourth-order valence-corrected chi connectivity index (χ4v) is 6.89. The van der Waals surface area contributed by atoms with Crippen molar-refractivity contribution in [1.29, 1.82) is 0 Å². The lowest BCUT2D eigenvalue weighted by Crippen LogP contribution is -2.57. The van der Waals surface area contributed by atoms with Gasteiger partial charge < -0.3 is 39.9 Å². The van der Waals surface area contributed by atoms with E-state index >= 15 is 0 Å². The number of methoxy groups -OCH3 is 2. The van der Waals surface area contributed by atoms with Gasteiger partial charge in [-0.2, -0.15) is 5.48 Å². The van der Waals surface area contributed by atoms with Crippen molar-refractivity contribution in [3.63, 3.8) is 0 Å². The second-order valence-electron chi connectivity index (χ2n) is 13.7. The van der Waals surface area contributed by atoms with Crippen LogP contribution in [0.3, 0.4) is 0 Å². The summed E-state index contributed by atoms with van der Waals surface area (Å²) in [6.07, 6.45) is 1.23. The highest BCUT2D eigenvalue weighted by atomic mass is 16.5. The van der Waals surface area contributed by atoms with Crippen LogP contribution in [-0.4, -0.2) is 123 Å². The average Bonchev–Trinajstić information content (AvgIpc) is 3.63. The van der Waals surface area contributed by atoms with Gasteiger partial charge >= 0.3 is 0 Å². The van der Waals surface area contributed by atoms with E-state index in [4.69, 9.17) is 14.2 Å². The summed E-state index contributed by atoms with van der Waals surface area (Å²) in [6, 6.07) is 7.08. The van der Waals surface area contributed by atoms with Crippen molar-refractivity contribution >= 4 is 23.6 Å². The Balaban J connectivity index is -0.00000531. The maximum absolute atomic E-state index is 14.0. The molecule has 1 fully saturated rings. The quantitative estimate of drug-likeness (QED) is 0.0988. The number of hydrogen-bond acceptors (Lipinski definition) is 9. The lowest BCUT2D eigenvalue weighted by Gasteiger charge is -2.40. The molecule has 0 radical (unpaired) electrons. The van der Waals surface area contributed by atoms with Crippen LogP contribution in [0, 0.1) is 17.8 Å². The zero-order valence-corrected chi connectivity index (χ0v) is 33.6. The Bertz CT molecular complexity index is 1210. The number of rotatable bonds is 22. The smallest absolute Gasteiger partial charge is 0.243 e. The Kier molecular flexibility index (Phi) is 22.6. The Morgan fingerprint density at radius 2 is 1.67 bits per heavy atom. The van der Waals surface area contributed by atoms with Crippen LogP contribution in [-0.2, 0) is 39.8 Å². The van der Waals surface area contributed by atoms with Gasteiger partial charge in [0.15, 0.2) is 0 Å². The molecule has 13 heteroatoms. The minimum Gasteiger partial charge on any atom is -0.380 e. The van der Waals surface area contributed by atoms with Crippen molar-refractivity contribution in [2.45, 2.75) is 124 Å². The summed E-state index contributed by atoms with van der Waals surface area (Å²) in [6.45, 7) is 17.1. The second kappa shape index (κ2) is 25.0. The number of amides is 4. The standard InChI is InChI=1S/C37H63N5O8.C2H6.3H2/c1-10-25(5)33(41(7)37(46)32(40-47)24(3)4)30(48-8)23-31(43)42-20-15-18-29(42)34(49-9)26(6)35(44)39-28(22-27-16-13-12-14-17-27)36(45)38-19-21-50-11-2;1-2;;;/h12-14,16-17,24-26,28-30,32-34,40,47H,10-11,15,18-23H2,1-9H3,(H,38,45)(H,39,44);1-2H3;3*1H/t25-,26+,28-,29-,30+,32-,33-,34+;;;;/m0..../s1. The first kappa shape index (κ1) is 46.9. The Morgan fingerprint density at radius 1 is 1.02 bits per heavy atom. The number of ether oxygens (including phenoxy) is 3. The second-order valence-corrected chi connectivity index (χ2v) is 13.7. The number of benzene rings is 1. The maximum Gasteiger partial charge on any atom is 0.243 e. The van der Waals surface area contributed by atoms with E-state index in [1.807, 2.05) is 78.8 Å². The molecular weight excluding hydrogens is 666 g/mol. The van der Waals surface area contributed by atoms with Gasteiger partial charge in [-0.05, 0) is 37.2 Å². The summed E-state index contributed by atoms with van der Waals surface area (Å²) in [5.74, 6) is -1.93. The van der Waals surface area contributed by atoms with Gasteiger partial charge in [0.05, 0.1) is 43.2 Å². The van der Waals surface area contributed by atoms with E-state index < -0.39 is 36.3 Å². The van der Waals surface area contributed by atoms with Crippen LogP contribution >= 0.6 is 0 Å². The van der Waals surface area contributed by atoms with Gasteiger partial charge in [0.25, 0.3) is 0 Å². The molecule has 1 aromatic carbocycles. The van der Waals surface area contributed by atoms with Crippen LogP contribution < -0.4 is 16.1 Å². The van der Waals surface area contributed by atoms with Gasteiger partial charge in [0, 0.05) is 51.7 Å². The molecule has 52 heavy (non-hydrogen) atoms. The monoisotopic (exact) mass is 742 g/mol. The molecule has 1 heterocycles. The summed E-state index contributed by atoms with van der Waals surface area (Å²) in [5, 5.41) is 15.5. The van der Waals surface area contributed by atoms with E-state index in [0.29, 0.717) is 39.1 Å². The number of hydrogen-bond donors (Lipinski definition) is 4. The molecule has 0 unspecified atom stereocenters. The SMILES string of the molecule is CC.CCOCCNC(=O)[C@H](Cc1ccccc1)NC(=O)[C@H](C)[C@@H](OC)[C@@H]1CCCN1C(=O)C[C@@H](OC)[C@H]([C@@H](C)CC)N(C)C(=O)[C@@H](NO)C(C)C.[HH].[HH].[HH]. The highest BCUT2D eigenvalue weighted by Crippen LogP contribution is 2.29. The van der Waals surface area contributed by atoms with Gasteiger partial charge in [-0.1, -0.05) is 85.2 Å². The number of carbonyl (C=O) groups excluding carboxylic acids is 4. The maximum atomic E-state index is 14.0. The summed E-state index contributed by atoms with van der Waals surface area (Å²) in [5.41, 5.74) is 3.05. The first-order valence-electron chi connectivity index (χ1n) is 19.1. The van der Waals surface area contributed by atoms with E-state index in [0.717, 1.165) is 18.4 Å². The molecule has 1 aliphatic heterocycles. The zero-order chi connectivity index (χ0) is 39.4. The predicted octanol–water partition coefficient (Wildman–Crippen LogP) is 4.55. The minimum atomic E-state index is -0.816. The van der Waals surface area contributed by atoms with Gasteiger partial charge in [0.1, 0.15) is 12.1 Å². The molecule has 1 saturated heterocycles. The highest BCUT2D eigenvalue weighted by molar-refractivity contribution is 5.89. The summed E-state index contributed by atoms with van der Waals surface area (Å²) in [7, 11) is 4.77. The molecule has 1 aromatic rings. The third-order valence-electron chi connectivity index (χ3n) is 10.00. The molecule has 1 aliphatic rings. The molecule has 0 aromatic heterocycles. The van der Waals surface area contributed by atoms with Crippen LogP contribution in [0.15, 0.2) is 30.3 Å². The van der Waals surface area contributed by atoms with E-state index in [2.05, 4.69) is 16.1 Å². The Labute approximate surface area is 317 Å². The van der Waals surface area contributed by atoms with Crippen LogP contribution in [0.5, 0.6) is 0 Å². The number of likely N-dealkylation sites (N-methyl/N-ethyl adjacent to an activating group) is 1. The summed E-state index contributed by atoms with van der Waals surface area (Å²) in [4.78, 5) is 57.8. The fraction of sp³-hybridized carbons (Fsp3) is 0.744. The molecule has 0 aliphatic carbocycles. The predicted molar refractivity (Wildman–Crippen MR) is 209 cm³/mol. The molecule has 4 amide bonds. The molecule has 8 atom stereocenters. The first-order chi connectivity index (χ1) is 24.9. The van der Waals surface area contributed by atoms with Crippen molar-refractivity contribution in [2.75, 3.05) is 47.6 Å². The molecule has 304 valence electrons. The molecule has 4 N–H and O–H groups in total. The number of hydroxylamine groups is 1. The van der Waals surface area contributed by atoms with E-state index in [9.17, 15) is 24.4 Å². The number of likely N-dealkylation sites (tertiary alicyclic amines) is 1. The van der Waals surface area contributed by atoms with Gasteiger partial charge in [0.2, 0.25) is 23.6 Å². The Hall–Kier alpha value is -3.10. The van der Waals surface area contributed by atoms with E-state index in [-0.39, 0.29) is 52.2 Å². The number of carbonyl (C=O) groups is 4. The van der Waals surface area contributed by atoms with Crippen LogP contribution in [0.25, 0.3) is 0 Å². The Morgan fingerprint density at radius 3 is 2.21 bits per heavy atom. The van der Waals surface area contributed by atoms with Crippen molar-refractivity contribution in [3.05, 3.63) is 35.9 Å². The first-order valence-corrected chi connectivity index (χ1v) is 19.1. The third-order valence-corrected chi connectivity index (χ3v) is 10.00. The van der Waals surface area contributed by atoms with Gasteiger partial charge in [-0.3, -0.25) is 19.2 Å². The largest absolute Gasteiger partial charge is 0.380 e. The lowest BCUT2D eigenvalue weighted by atomic mass is 9.89. The molecular formula is C39H75N5O8. The van der Waals surface area contributed by atoms with Crippen LogP contribution in [0.4, 0.5) is 0 Å². The van der Waals surface area contributed by atoms with Gasteiger partial charge in [-0.15, -0.1) is 0 Å². The third kappa shape index (κ3) is 13.7. The molecule has 0 bridgehead atoms. The zero-order valence-electron chi connectivity index (χ0n) is 33.6. The highest BCUT2D eigenvalue weighted by Gasteiger charge is 2.43. The van der Waals surface area contributed by atoms with Crippen molar-refractivity contribution in [3.8, 4) is 0 Å². The minimum absolute atomic E-state index is 0. The molecule has 13 nitrogen and oxygen atoms in total. The lowest BCUT2D eigenvalue weighted by molar-refractivity contribution is -0.148. The molecule has 0 saturated carbocycles. The fourth-order valence-electron chi connectivity index (χ4n) is 6.89. The van der Waals surface area contributed by atoms with Crippen molar-refractivity contribution in [2.24, 2.45) is 17.8 Å². The average molecular weight is 742 g/mol. The van der Waals surface area contributed by atoms with E-state index in [1.54, 1.807) is 30.9 Å². The summed E-state index contributed by atoms with van der Waals surface area (Å²) >= 11 is 0. The van der Waals surface area contributed by atoms with Crippen molar-refractivity contribution in [1.82, 2.24) is 25.9 Å². The van der Waals surface area contributed by atoms with E-state index in [1.165, 1.54) is 7.11 Å². The molecule has 2 rings (SSSR count). The molecule has 0 spiro atoms. The topological polar surface area (TPSA) is 159 Å². The van der Waals surface area contributed by atoms with Gasteiger partial charge in [-0.25, -0.2) is 0 Å². The number of nitrogens with one attached hydrogen (secondary N) is 3. The normalized spacial score (nSPS) is 18.2. The summed E-state index contributed by atoms with van der Waals surface area (Å²) < 4.78 is 17.2. The van der Waals surface area contributed by atoms with Crippen molar-refractivity contribution < 1.29 is 42.9 Å². The van der Waals surface area contributed by atoms with Crippen LogP contribution in [0.1, 0.15) is 90.9 Å². The number of nitrogens with zero attached hydrogens (tertiary/aromatic N) is 2.